The van der Waals surface area contributed by atoms with Crippen molar-refractivity contribution in [2.45, 2.75) is 11.3 Å². The first kappa shape index (κ1) is 17.9. The summed E-state index contributed by atoms with van der Waals surface area (Å²) >= 11 is 6.01. The first-order valence-electron chi connectivity index (χ1n) is 10.0. The summed E-state index contributed by atoms with van der Waals surface area (Å²) in [6, 6.07) is 22.6. The lowest BCUT2D eigenvalue weighted by Crippen LogP contribution is -2.55. The lowest BCUT2D eigenvalue weighted by atomic mass is 9.47. The molecule has 1 aliphatic heterocycles. The molecule has 1 N–H and O–H groups in total. The van der Waals surface area contributed by atoms with E-state index in [1.807, 2.05) is 48.5 Å². The third-order valence-corrected chi connectivity index (χ3v) is 7.38. The molecule has 0 saturated carbocycles. The maximum Gasteiger partial charge on any atom is 0.239 e. The summed E-state index contributed by atoms with van der Waals surface area (Å²) in [5.74, 6) is -1.84. The van der Waals surface area contributed by atoms with Crippen molar-refractivity contribution in [2.24, 2.45) is 11.8 Å². The largest absolute Gasteiger partial charge is 0.395 e. The quantitative estimate of drug-likeness (QED) is 0.646. The van der Waals surface area contributed by atoms with Crippen LogP contribution >= 0.6 is 11.6 Å². The van der Waals surface area contributed by atoms with Crippen molar-refractivity contribution in [2.75, 3.05) is 11.5 Å². The van der Waals surface area contributed by atoms with Gasteiger partial charge < -0.3 is 5.11 Å². The van der Waals surface area contributed by atoms with E-state index in [0.29, 0.717) is 10.7 Å². The lowest BCUT2D eigenvalue weighted by Gasteiger charge is -2.53. The van der Waals surface area contributed by atoms with Crippen LogP contribution < -0.4 is 4.90 Å². The number of carbonyl (C=O) groups excluding carboxylic acids is 2. The molecule has 0 unspecified atom stereocenters. The van der Waals surface area contributed by atoms with E-state index in [-0.39, 0.29) is 24.3 Å². The molecule has 2 atom stereocenters. The fraction of sp³-hybridized carbons (Fsp3) is 0.200. The van der Waals surface area contributed by atoms with Crippen molar-refractivity contribution in [1.82, 2.24) is 0 Å². The number of hydrogen-bond donors (Lipinski definition) is 1. The van der Waals surface area contributed by atoms with E-state index in [4.69, 9.17) is 11.6 Å². The zero-order valence-electron chi connectivity index (χ0n) is 16.0. The van der Waals surface area contributed by atoms with Crippen LogP contribution in [0.2, 0.25) is 5.02 Å². The molecule has 1 fully saturated rings. The second-order valence-electron chi connectivity index (χ2n) is 8.27. The molecule has 30 heavy (non-hydrogen) atoms. The number of anilines is 1. The van der Waals surface area contributed by atoms with Gasteiger partial charge in [-0.3, -0.25) is 9.59 Å². The summed E-state index contributed by atoms with van der Waals surface area (Å²) in [6.07, 6.45) is 0. The Hall–Kier alpha value is -2.95. The van der Waals surface area contributed by atoms with Gasteiger partial charge in [-0.25, -0.2) is 4.90 Å². The van der Waals surface area contributed by atoms with Gasteiger partial charge in [-0.15, -0.1) is 0 Å². The number of aliphatic hydroxyl groups is 1. The van der Waals surface area contributed by atoms with Gasteiger partial charge in [-0.2, -0.15) is 0 Å². The van der Waals surface area contributed by atoms with Crippen LogP contribution in [-0.2, 0) is 15.0 Å². The summed E-state index contributed by atoms with van der Waals surface area (Å²) in [6.45, 7) is -0.234. The van der Waals surface area contributed by atoms with Gasteiger partial charge in [0.15, 0.2) is 0 Å². The monoisotopic (exact) mass is 415 g/mol. The molecule has 0 spiro atoms. The van der Waals surface area contributed by atoms with Gasteiger partial charge in [0.05, 0.1) is 29.5 Å². The summed E-state index contributed by atoms with van der Waals surface area (Å²) < 4.78 is 0. The number of hydrogen-bond acceptors (Lipinski definition) is 3. The van der Waals surface area contributed by atoms with Crippen LogP contribution in [0.5, 0.6) is 0 Å². The maximum atomic E-state index is 13.8. The number of benzene rings is 3. The highest BCUT2D eigenvalue weighted by atomic mass is 35.5. The second kappa shape index (κ2) is 6.03. The van der Waals surface area contributed by atoms with Crippen molar-refractivity contribution in [1.29, 1.82) is 0 Å². The average molecular weight is 416 g/mol. The zero-order chi connectivity index (χ0) is 20.6. The number of nitrogens with zero attached hydrogens (tertiary/aromatic N) is 1. The van der Waals surface area contributed by atoms with Gasteiger partial charge in [0.1, 0.15) is 0 Å². The van der Waals surface area contributed by atoms with Crippen LogP contribution in [0.25, 0.3) is 0 Å². The Morgan fingerprint density at radius 3 is 1.97 bits per heavy atom. The van der Waals surface area contributed by atoms with Gasteiger partial charge in [0, 0.05) is 10.9 Å². The Bertz CT molecular complexity index is 1170. The molecule has 3 aliphatic carbocycles. The molecule has 7 rings (SSSR count). The Kier molecular flexibility index (Phi) is 3.59. The minimum atomic E-state index is -0.930. The maximum absolute atomic E-state index is 13.8. The number of halogens is 1. The molecule has 0 aromatic heterocycles. The summed E-state index contributed by atoms with van der Waals surface area (Å²) in [7, 11) is 0. The van der Waals surface area contributed by atoms with Crippen LogP contribution in [0.1, 0.15) is 28.2 Å². The Balaban J connectivity index is 1.63. The van der Waals surface area contributed by atoms with E-state index in [0.717, 1.165) is 22.3 Å². The first-order valence-corrected chi connectivity index (χ1v) is 10.4. The van der Waals surface area contributed by atoms with Gasteiger partial charge >= 0.3 is 0 Å². The lowest BCUT2D eigenvalue weighted by molar-refractivity contribution is -0.124. The summed E-state index contributed by atoms with van der Waals surface area (Å²) in [5.41, 5.74) is 3.56. The average Bonchev–Trinajstić information content (AvgIpc) is 3.05. The topological polar surface area (TPSA) is 57.6 Å². The predicted octanol–water partition coefficient (Wildman–Crippen LogP) is 3.88. The number of rotatable bonds is 2. The van der Waals surface area contributed by atoms with Gasteiger partial charge in [-0.1, -0.05) is 60.1 Å². The van der Waals surface area contributed by atoms with Gasteiger partial charge in [-0.05, 0) is 46.5 Å². The van der Waals surface area contributed by atoms with E-state index in [2.05, 4.69) is 0 Å². The Morgan fingerprint density at radius 2 is 1.40 bits per heavy atom. The highest BCUT2D eigenvalue weighted by molar-refractivity contribution is 6.31. The molecular weight excluding hydrogens is 398 g/mol. The number of carbonyl (C=O) groups is 2. The fourth-order valence-electron chi connectivity index (χ4n) is 6.04. The normalized spacial score (nSPS) is 28.3. The molecule has 0 radical (unpaired) electrons. The molecule has 1 heterocycles. The minimum absolute atomic E-state index is 0.204. The van der Waals surface area contributed by atoms with Crippen molar-refractivity contribution in [3.8, 4) is 0 Å². The van der Waals surface area contributed by atoms with Crippen molar-refractivity contribution in [3.63, 3.8) is 0 Å². The number of amides is 2. The zero-order valence-corrected chi connectivity index (χ0v) is 16.7. The van der Waals surface area contributed by atoms with Crippen LogP contribution in [0.15, 0.2) is 72.8 Å². The summed E-state index contributed by atoms with van der Waals surface area (Å²) in [5, 5.41) is 11.3. The smallest absolute Gasteiger partial charge is 0.239 e. The van der Waals surface area contributed by atoms with Crippen molar-refractivity contribution < 1.29 is 14.7 Å². The molecule has 4 aliphatic rings. The van der Waals surface area contributed by atoms with E-state index >= 15 is 0 Å². The van der Waals surface area contributed by atoms with Crippen LogP contribution in [0.4, 0.5) is 5.69 Å². The Morgan fingerprint density at radius 1 is 0.833 bits per heavy atom. The molecular formula is C25H18ClNO3. The molecule has 5 heteroatoms. The highest BCUT2D eigenvalue weighted by Gasteiger charge is 2.68. The van der Waals surface area contributed by atoms with Crippen molar-refractivity contribution >= 4 is 29.1 Å². The van der Waals surface area contributed by atoms with Crippen molar-refractivity contribution in [3.05, 3.63) is 100 Å². The molecule has 148 valence electrons. The van der Waals surface area contributed by atoms with Gasteiger partial charge in [0.25, 0.3) is 0 Å². The van der Waals surface area contributed by atoms with Crippen LogP contribution in [0.3, 0.4) is 0 Å². The third-order valence-electron chi connectivity index (χ3n) is 7.13. The standard InChI is InChI=1S/C25H18ClNO3/c26-14-9-11-15(12-10-14)27-23(29)21-20-16-5-1-3-7-18(16)25(13-28,22(21)24(27)30)19-8-4-2-6-17(19)20/h1-12,20-22,28H,13H2/t20?,21-,22-,25?/m1/s1. The SMILES string of the molecule is O=C1[C@@H]2C3c4ccccc4C(CO)(c4ccccc43)[C@H]2C(=O)N1c1ccc(Cl)cc1. The second-order valence-corrected chi connectivity index (χ2v) is 8.71. The van der Waals surface area contributed by atoms with E-state index < -0.39 is 17.3 Å². The van der Waals surface area contributed by atoms with Gasteiger partial charge in [0.2, 0.25) is 11.8 Å². The van der Waals surface area contributed by atoms with E-state index in [1.54, 1.807) is 24.3 Å². The Labute approximate surface area is 178 Å². The third kappa shape index (κ3) is 1.96. The molecule has 4 nitrogen and oxygen atoms in total. The van der Waals surface area contributed by atoms with E-state index in [9.17, 15) is 14.7 Å². The minimum Gasteiger partial charge on any atom is -0.395 e. The van der Waals surface area contributed by atoms with Crippen LogP contribution in [-0.4, -0.2) is 23.5 Å². The summed E-state index contributed by atoms with van der Waals surface area (Å²) in [4.78, 5) is 28.8. The molecule has 3 aromatic carbocycles. The first-order chi connectivity index (χ1) is 14.6. The number of imide groups is 1. The fourth-order valence-corrected chi connectivity index (χ4v) is 6.17. The molecule has 2 bridgehead atoms. The molecule has 1 saturated heterocycles. The number of aliphatic hydroxyl groups excluding tert-OH is 1. The molecule has 2 amide bonds. The van der Waals surface area contributed by atoms with Crippen LogP contribution in [0, 0.1) is 11.8 Å². The van der Waals surface area contributed by atoms with E-state index in [1.165, 1.54) is 4.90 Å². The predicted molar refractivity (Wildman–Crippen MR) is 114 cm³/mol. The molecule has 3 aromatic rings. The highest BCUT2D eigenvalue weighted by Crippen LogP contribution is 2.64.